The first kappa shape index (κ1) is 17.3. The van der Waals surface area contributed by atoms with Crippen LogP contribution in [0.15, 0.2) is 54.6 Å². The zero-order valence-corrected chi connectivity index (χ0v) is 15.8. The summed E-state index contributed by atoms with van der Waals surface area (Å²) in [4.78, 5) is 17.5. The van der Waals surface area contributed by atoms with Crippen LogP contribution in [-0.2, 0) is 11.3 Å². The Kier molecular flexibility index (Phi) is 4.58. The third-order valence-corrected chi connectivity index (χ3v) is 6.40. The van der Waals surface area contributed by atoms with Gasteiger partial charge in [0.25, 0.3) is 0 Å². The van der Waals surface area contributed by atoms with Crippen LogP contribution in [0.5, 0.6) is 0 Å². The van der Waals surface area contributed by atoms with E-state index in [0.29, 0.717) is 5.91 Å². The van der Waals surface area contributed by atoms with Gasteiger partial charge in [-0.25, -0.2) is 0 Å². The van der Waals surface area contributed by atoms with Crippen LogP contribution in [0.2, 0.25) is 0 Å². The zero-order valence-electron chi connectivity index (χ0n) is 15.8. The Morgan fingerprint density at radius 2 is 1.77 bits per heavy atom. The molecule has 0 saturated carbocycles. The average molecular weight is 348 g/mol. The van der Waals surface area contributed by atoms with Gasteiger partial charge >= 0.3 is 0 Å². The molecule has 1 amide bonds. The number of benzene rings is 2. The van der Waals surface area contributed by atoms with Crippen molar-refractivity contribution in [2.75, 3.05) is 20.1 Å². The fraction of sp³-hybridized carbons (Fsp3) is 0.435. The summed E-state index contributed by atoms with van der Waals surface area (Å²) in [5.74, 6) is 0.327. The summed E-state index contributed by atoms with van der Waals surface area (Å²) in [5, 5.41) is 0. The number of aryl methyl sites for hydroxylation is 1. The summed E-state index contributed by atoms with van der Waals surface area (Å²) in [7, 11) is 2.02. The van der Waals surface area contributed by atoms with Crippen molar-refractivity contribution in [1.29, 1.82) is 0 Å². The third-order valence-electron chi connectivity index (χ3n) is 6.40. The normalized spacial score (nSPS) is 22.9. The predicted molar refractivity (Wildman–Crippen MR) is 105 cm³/mol. The molecule has 2 heterocycles. The number of likely N-dealkylation sites (tertiary alicyclic amines) is 2. The summed E-state index contributed by atoms with van der Waals surface area (Å²) in [6.45, 7) is 5.29. The molecule has 0 aliphatic carbocycles. The van der Waals surface area contributed by atoms with Gasteiger partial charge in [-0.1, -0.05) is 60.2 Å². The lowest BCUT2D eigenvalue weighted by Crippen LogP contribution is -2.51. The van der Waals surface area contributed by atoms with Crippen molar-refractivity contribution in [3.05, 3.63) is 71.3 Å². The Bertz CT molecular complexity index is 778. The summed E-state index contributed by atoms with van der Waals surface area (Å²) in [6, 6.07) is 19.1. The van der Waals surface area contributed by atoms with Crippen LogP contribution in [0, 0.1) is 6.92 Å². The number of carbonyl (C=O) groups is 1. The fourth-order valence-electron chi connectivity index (χ4n) is 4.75. The van der Waals surface area contributed by atoms with E-state index in [0.717, 1.165) is 38.9 Å². The smallest absolute Gasteiger partial charge is 0.230 e. The number of nitrogens with zero attached hydrogens (tertiary/aromatic N) is 2. The number of rotatable bonds is 3. The van der Waals surface area contributed by atoms with Crippen LogP contribution in [0.25, 0.3) is 0 Å². The van der Waals surface area contributed by atoms with Crippen LogP contribution >= 0.6 is 0 Å². The highest BCUT2D eigenvalue weighted by atomic mass is 16.2. The number of amides is 1. The average Bonchev–Trinajstić information content (AvgIpc) is 2.90. The molecule has 2 saturated heterocycles. The molecular formula is C23H28N2O. The second kappa shape index (κ2) is 6.88. The molecule has 0 aromatic heterocycles. The molecule has 1 atom stereocenters. The van der Waals surface area contributed by atoms with Crippen molar-refractivity contribution < 1.29 is 4.79 Å². The van der Waals surface area contributed by atoms with Gasteiger partial charge in [0.15, 0.2) is 0 Å². The maximum atomic E-state index is 12.9. The molecule has 2 fully saturated rings. The van der Waals surface area contributed by atoms with Crippen LogP contribution in [0.3, 0.4) is 0 Å². The molecule has 2 aliphatic heterocycles. The monoisotopic (exact) mass is 348 g/mol. The maximum Gasteiger partial charge on any atom is 0.230 e. The van der Waals surface area contributed by atoms with Gasteiger partial charge in [0.2, 0.25) is 5.91 Å². The first-order chi connectivity index (χ1) is 12.6. The molecule has 3 nitrogen and oxygen atoms in total. The molecule has 0 radical (unpaired) electrons. The molecule has 2 aromatic rings. The lowest BCUT2D eigenvalue weighted by molar-refractivity contribution is -0.131. The molecule has 2 aromatic carbocycles. The Hall–Kier alpha value is -2.13. The highest BCUT2D eigenvalue weighted by molar-refractivity contribution is 5.87. The minimum Gasteiger partial charge on any atom is -0.339 e. The van der Waals surface area contributed by atoms with E-state index in [1.165, 1.54) is 16.7 Å². The highest BCUT2D eigenvalue weighted by Gasteiger charge is 2.50. The number of piperidine rings is 1. The lowest BCUT2D eigenvalue weighted by Gasteiger charge is -2.43. The van der Waals surface area contributed by atoms with E-state index in [9.17, 15) is 4.79 Å². The Labute approximate surface area is 156 Å². The number of likely N-dealkylation sites (N-methyl/N-ethyl adjacent to an activating group) is 1. The van der Waals surface area contributed by atoms with E-state index in [2.05, 4.69) is 53.1 Å². The van der Waals surface area contributed by atoms with E-state index in [4.69, 9.17) is 0 Å². The summed E-state index contributed by atoms with van der Waals surface area (Å²) >= 11 is 0. The standard InChI is InChI=1S/C23H28N2O/c1-18-7-6-8-19(15-18)17-25-13-11-23(12-14-25)16-21(22(26)24(23)2)20-9-4-3-5-10-20/h3-10,15,21H,11-14,16-17H2,1-2H3/t21-/m0/s1. The minimum atomic E-state index is 0.0320. The van der Waals surface area contributed by atoms with Gasteiger partial charge in [0, 0.05) is 32.2 Å². The van der Waals surface area contributed by atoms with E-state index < -0.39 is 0 Å². The molecule has 0 N–H and O–H groups in total. The van der Waals surface area contributed by atoms with Gasteiger partial charge in [0.1, 0.15) is 0 Å². The number of hydrogen-bond acceptors (Lipinski definition) is 2. The van der Waals surface area contributed by atoms with E-state index in [-0.39, 0.29) is 11.5 Å². The SMILES string of the molecule is Cc1cccc(CN2CCC3(CC2)C[C@@H](c2ccccc2)C(=O)N3C)c1. The number of carbonyl (C=O) groups excluding carboxylic acids is 1. The Morgan fingerprint density at radius 3 is 2.46 bits per heavy atom. The fourth-order valence-corrected chi connectivity index (χ4v) is 4.75. The van der Waals surface area contributed by atoms with Crippen LogP contribution in [-0.4, -0.2) is 41.4 Å². The topological polar surface area (TPSA) is 23.6 Å². The van der Waals surface area contributed by atoms with Crippen LogP contribution < -0.4 is 0 Å². The molecule has 1 spiro atoms. The van der Waals surface area contributed by atoms with Gasteiger partial charge < -0.3 is 4.90 Å². The van der Waals surface area contributed by atoms with Gasteiger partial charge in [0.05, 0.1) is 5.92 Å². The molecule has 4 rings (SSSR count). The predicted octanol–water partition coefficient (Wildman–Crippen LogP) is 3.98. The first-order valence-corrected chi connectivity index (χ1v) is 9.68. The Morgan fingerprint density at radius 1 is 1.04 bits per heavy atom. The summed E-state index contributed by atoms with van der Waals surface area (Å²) in [5.41, 5.74) is 3.92. The molecule has 26 heavy (non-hydrogen) atoms. The van der Waals surface area contributed by atoms with Crippen molar-refractivity contribution >= 4 is 5.91 Å². The number of hydrogen-bond donors (Lipinski definition) is 0. The van der Waals surface area contributed by atoms with Crippen molar-refractivity contribution in [3.63, 3.8) is 0 Å². The van der Waals surface area contributed by atoms with E-state index >= 15 is 0 Å². The molecular weight excluding hydrogens is 320 g/mol. The highest BCUT2D eigenvalue weighted by Crippen LogP contribution is 2.44. The van der Waals surface area contributed by atoms with Gasteiger partial charge in [-0.15, -0.1) is 0 Å². The maximum absolute atomic E-state index is 12.9. The van der Waals surface area contributed by atoms with Gasteiger partial charge in [-0.05, 0) is 37.3 Å². The van der Waals surface area contributed by atoms with Gasteiger partial charge in [-0.3, -0.25) is 9.69 Å². The molecule has 0 bridgehead atoms. The second-order valence-electron chi connectivity index (χ2n) is 8.05. The van der Waals surface area contributed by atoms with Crippen molar-refractivity contribution in [2.45, 2.75) is 44.2 Å². The van der Waals surface area contributed by atoms with Crippen LogP contribution in [0.4, 0.5) is 0 Å². The van der Waals surface area contributed by atoms with Crippen LogP contribution in [0.1, 0.15) is 41.9 Å². The van der Waals surface area contributed by atoms with Crippen molar-refractivity contribution in [1.82, 2.24) is 9.80 Å². The lowest BCUT2D eigenvalue weighted by atomic mass is 9.81. The van der Waals surface area contributed by atoms with Crippen molar-refractivity contribution in [2.24, 2.45) is 0 Å². The second-order valence-corrected chi connectivity index (χ2v) is 8.05. The summed E-state index contributed by atoms with van der Waals surface area (Å²) in [6.07, 6.45) is 3.11. The Balaban J connectivity index is 1.44. The zero-order chi connectivity index (χ0) is 18.1. The molecule has 2 aliphatic rings. The largest absolute Gasteiger partial charge is 0.339 e. The molecule has 3 heteroatoms. The molecule has 136 valence electrons. The minimum absolute atomic E-state index is 0.0320. The quantitative estimate of drug-likeness (QED) is 0.838. The molecule has 0 unspecified atom stereocenters. The summed E-state index contributed by atoms with van der Waals surface area (Å²) < 4.78 is 0. The first-order valence-electron chi connectivity index (χ1n) is 9.68. The third kappa shape index (κ3) is 3.16. The van der Waals surface area contributed by atoms with Gasteiger partial charge in [-0.2, -0.15) is 0 Å². The van der Waals surface area contributed by atoms with E-state index in [1.54, 1.807) is 0 Å². The van der Waals surface area contributed by atoms with Crippen molar-refractivity contribution in [3.8, 4) is 0 Å². The van der Waals surface area contributed by atoms with E-state index in [1.807, 2.05) is 25.2 Å².